The van der Waals surface area contributed by atoms with E-state index >= 15 is 0 Å². The molecule has 0 radical (unpaired) electrons. The number of carbonyl (C=O) groups is 1. The van der Waals surface area contributed by atoms with Crippen LogP contribution in [-0.2, 0) is 11.8 Å². The van der Waals surface area contributed by atoms with Gasteiger partial charge in [-0.2, -0.15) is 4.57 Å². The van der Waals surface area contributed by atoms with Crippen LogP contribution in [0.2, 0.25) is 0 Å². The average Bonchev–Trinajstić information content (AvgIpc) is 3.13. The number of phenols is 1. The van der Waals surface area contributed by atoms with E-state index in [0.29, 0.717) is 5.39 Å². The van der Waals surface area contributed by atoms with Crippen molar-refractivity contribution in [3.8, 4) is 23.0 Å². The number of primary amides is 1. The molecule has 7 heteroatoms. The molecule has 0 aliphatic carbocycles. The van der Waals surface area contributed by atoms with Crippen LogP contribution in [0.15, 0.2) is 42.6 Å². The Bertz CT molecular complexity index is 1300. The van der Waals surface area contributed by atoms with Gasteiger partial charge in [0.15, 0.2) is 35.8 Å². The number of carbonyl (C=O) groups excluding carboxylic acids is 1. The molecule has 5 rings (SSSR count). The molecule has 3 aromatic carbocycles. The van der Waals surface area contributed by atoms with Gasteiger partial charge in [0, 0.05) is 5.39 Å². The van der Waals surface area contributed by atoms with Gasteiger partial charge in [0.1, 0.15) is 7.05 Å². The molecule has 0 saturated heterocycles. The Hall–Kier alpha value is -3.74. The number of aromatic nitrogens is 1. The Morgan fingerprint density at radius 3 is 2.64 bits per heavy atom. The van der Waals surface area contributed by atoms with E-state index in [1.165, 1.54) is 0 Å². The Balaban J connectivity index is 1.79. The first-order valence-corrected chi connectivity index (χ1v) is 8.74. The van der Waals surface area contributed by atoms with Gasteiger partial charge in [-0.15, -0.1) is 0 Å². The van der Waals surface area contributed by atoms with Crippen LogP contribution in [0.25, 0.3) is 32.4 Å². The molecule has 0 unspecified atom stereocenters. The van der Waals surface area contributed by atoms with Gasteiger partial charge in [-0.05, 0) is 35.7 Å². The molecule has 140 valence electrons. The minimum Gasteiger partial charge on any atom is -0.504 e. The normalized spacial score (nSPS) is 12.8. The SMILES string of the molecule is C[n+]1cc2c(O)c(OCC(N)=O)ccc2c2ccc3cc4c(cc3c21)OCO4. The van der Waals surface area contributed by atoms with E-state index in [1.54, 1.807) is 6.07 Å². The molecule has 0 atom stereocenters. The second-order valence-electron chi connectivity index (χ2n) is 6.76. The minimum atomic E-state index is -0.603. The fourth-order valence-corrected chi connectivity index (χ4v) is 3.77. The number of phenolic OH excluding ortho intramolecular Hbond substituents is 1. The van der Waals surface area contributed by atoms with E-state index in [2.05, 4.69) is 0 Å². The number of benzene rings is 3. The van der Waals surface area contributed by atoms with Crippen molar-refractivity contribution in [2.45, 2.75) is 0 Å². The van der Waals surface area contributed by atoms with Crippen molar-refractivity contribution in [2.24, 2.45) is 12.8 Å². The Morgan fingerprint density at radius 2 is 1.86 bits per heavy atom. The number of nitrogens with zero attached hydrogens (tertiary/aromatic N) is 1. The van der Waals surface area contributed by atoms with E-state index in [1.807, 2.05) is 48.1 Å². The van der Waals surface area contributed by atoms with Gasteiger partial charge >= 0.3 is 0 Å². The highest BCUT2D eigenvalue weighted by Crippen LogP contribution is 2.41. The van der Waals surface area contributed by atoms with Crippen LogP contribution >= 0.6 is 0 Å². The molecular weight excluding hydrogens is 360 g/mol. The molecular formula is C21H17N2O5+. The second kappa shape index (κ2) is 5.88. The number of amides is 1. The van der Waals surface area contributed by atoms with Crippen LogP contribution < -0.4 is 24.5 Å². The predicted octanol–water partition coefficient (Wildman–Crippen LogP) is 2.27. The largest absolute Gasteiger partial charge is 0.504 e. The number of nitrogens with two attached hydrogens (primary N) is 1. The van der Waals surface area contributed by atoms with Crippen molar-refractivity contribution in [1.82, 2.24) is 0 Å². The number of ether oxygens (including phenoxy) is 3. The van der Waals surface area contributed by atoms with Gasteiger partial charge in [0.05, 0.1) is 16.2 Å². The van der Waals surface area contributed by atoms with Crippen LogP contribution in [0.1, 0.15) is 0 Å². The highest BCUT2D eigenvalue weighted by molar-refractivity contribution is 6.15. The maximum atomic E-state index is 11.0. The average molecular weight is 377 g/mol. The molecule has 1 aromatic heterocycles. The monoisotopic (exact) mass is 377 g/mol. The van der Waals surface area contributed by atoms with Gasteiger partial charge in [-0.3, -0.25) is 4.79 Å². The highest BCUT2D eigenvalue weighted by atomic mass is 16.7. The van der Waals surface area contributed by atoms with Crippen molar-refractivity contribution in [2.75, 3.05) is 13.4 Å². The van der Waals surface area contributed by atoms with E-state index in [0.717, 1.165) is 38.6 Å². The quantitative estimate of drug-likeness (QED) is 0.422. The first-order chi connectivity index (χ1) is 13.5. The number of pyridine rings is 1. The molecule has 1 aliphatic heterocycles. The number of aromatic hydroxyl groups is 1. The predicted molar refractivity (Wildman–Crippen MR) is 103 cm³/mol. The third kappa shape index (κ3) is 2.36. The Kier molecular flexibility index (Phi) is 3.45. The molecule has 1 amide bonds. The third-order valence-corrected chi connectivity index (χ3v) is 5.00. The smallest absolute Gasteiger partial charge is 0.255 e. The summed E-state index contributed by atoms with van der Waals surface area (Å²) >= 11 is 0. The van der Waals surface area contributed by atoms with Gasteiger partial charge in [0.25, 0.3) is 5.91 Å². The lowest BCUT2D eigenvalue weighted by Crippen LogP contribution is -2.28. The van der Waals surface area contributed by atoms with Gasteiger partial charge in [-0.1, -0.05) is 6.07 Å². The number of rotatable bonds is 3. The third-order valence-electron chi connectivity index (χ3n) is 5.00. The molecule has 0 spiro atoms. The van der Waals surface area contributed by atoms with Crippen LogP contribution in [0, 0.1) is 0 Å². The molecule has 4 aromatic rings. The summed E-state index contributed by atoms with van der Waals surface area (Å²) in [4.78, 5) is 11.0. The molecule has 7 nitrogen and oxygen atoms in total. The Morgan fingerprint density at radius 1 is 1.11 bits per heavy atom. The molecule has 1 aliphatic rings. The van der Waals surface area contributed by atoms with Gasteiger partial charge in [-0.25, -0.2) is 0 Å². The van der Waals surface area contributed by atoms with Gasteiger partial charge in [0.2, 0.25) is 12.3 Å². The first kappa shape index (κ1) is 16.4. The molecule has 28 heavy (non-hydrogen) atoms. The summed E-state index contributed by atoms with van der Waals surface area (Å²) in [5.74, 6) is 1.05. The zero-order chi connectivity index (χ0) is 19.4. The van der Waals surface area contributed by atoms with E-state index in [4.69, 9.17) is 19.9 Å². The topological polar surface area (TPSA) is 94.9 Å². The number of fused-ring (bicyclic) bond motifs is 6. The van der Waals surface area contributed by atoms with Crippen LogP contribution in [0.3, 0.4) is 0 Å². The maximum Gasteiger partial charge on any atom is 0.255 e. The number of aryl methyl sites for hydroxylation is 1. The standard InChI is InChI=1S/C21H16N2O5/c1-23-8-15-12(4-5-16(21(15)25)26-9-19(22)24)13-3-2-11-6-17-18(28-10-27-17)7-14(11)20(13)23/h2-8H,9-10H2,1H3,(H2,22,24)/p+1. The Labute approximate surface area is 159 Å². The van der Waals surface area contributed by atoms with Crippen molar-refractivity contribution in [1.29, 1.82) is 0 Å². The van der Waals surface area contributed by atoms with Crippen molar-refractivity contribution in [3.63, 3.8) is 0 Å². The fourth-order valence-electron chi connectivity index (χ4n) is 3.77. The zero-order valence-corrected chi connectivity index (χ0v) is 15.1. The molecule has 0 saturated carbocycles. The van der Waals surface area contributed by atoms with E-state index in [-0.39, 0.29) is 24.9 Å². The summed E-state index contributed by atoms with van der Waals surface area (Å²) in [7, 11) is 1.92. The summed E-state index contributed by atoms with van der Waals surface area (Å²) < 4.78 is 18.3. The molecule has 3 N–H and O–H groups in total. The lowest BCUT2D eigenvalue weighted by Gasteiger charge is -2.11. The summed E-state index contributed by atoms with van der Waals surface area (Å²) in [6.45, 7) is -0.0722. The number of hydrogen-bond acceptors (Lipinski definition) is 5. The van der Waals surface area contributed by atoms with Gasteiger partial charge < -0.3 is 25.1 Å². The summed E-state index contributed by atoms with van der Waals surface area (Å²) in [5.41, 5.74) is 6.13. The fraction of sp³-hybridized carbons (Fsp3) is 0.143. The summed E-state index contributed by atoms with van der Waals surface area (Å²) in [6.07, 6.45) is 1.84. The van der Waals surface area contributed by atoms with Crippen molar-refractivity contribution in [3.05, 3.63) is 42.6 Å². The molecule has 0 bridgehead atoms. The summed E-state index contributed by atoms with van der Waals surface area (Å²) in [6, 6.07) is 11.5. The van der Waals surface area contributed by atoms with Crippen LogP contribution in [-0.4, -0.2) is 24.4 Å². The number of hydrogen-bond donors (Lipinski definition) is 2. The molecule has 0 fully saturated rings. The maximum absolute atomic E-state index is 11.0. The van der Waals surface area contributed by atoms with E-state index in [9.17, 15) is 9.90 Å². The summed E-state index contributed by atoms with van der Waals surface area (Å²) in [5, 5.41) is 15.2. The van der Waals surface area contributed by atoms with E-state index < -0.39 is 5.91 Å². The highest BCUT2D eigenvalue weighted by Gasteiger charge is 2.21. The van der Waals surface area contributed by atoms with Crippen molar-refractivity contribution >= 4 is 38.4 Å². The minimum absolute atomic E-state index is 0.0259. The molecule has 2 heterocycles. The van der Waals surface area contributed by atoms with Crippen LogP contribution in [0.5, 0.6) is 23.0 Å². The van der Waals surface area contributed by atoms with Crippen LogP contribution in [0.4, 0.5) is 0 Å². The first-order valence-electron chi connectivity index (χ1n) is 8.74. The van der Waals surface area contributed by atoms with Crippen molar-refractivity contribution < 1.29 is 28.7 Å². The lowest BCUT2D eigenvalue weighted by atomic mass is 10.00. The zero-order valence-electron chi connectivity index (χ0n) is 15.1. The lowest BCUT2D eigenvalue weighted by molar-refractivity contribution is -0.642. The second-order valence-corrected chi connectivity index (χ2v) is 6.76.